The van der Waals surface area contributed by atoms with Crippen LogP contribution in [0.25, 0.3) is 0 Å². The molecule has 0 bridgehead atoms. The first-order valence-electron chi connectivity index (χ1n) is 6.79. The maximum Gasteiger partial charge on any atom is 0.111 e. The SMILES string of the molecule is CCCC(C)(O)C1(C#N)CCCc2ccccc21. The molecular formula is C16H21NO. The van der Waals surface area contributed by atoms with Crippen LogP contribution >= 0.6 is 0 Å². The molecule has 1 aliphatic rings. The van der Waals surface area contributed by atoms with Crippen LogP contribution in [0.3, 0.4) is 0 Å². The van der Waals surface area contributed by atoms with E-state index in [9.17, 15) is 10.4 Å². The van der Waals surface area contributed by atoms with Gasteiger partial charge in [-0.1, -0.05) is 37.6 Å². The number of aryl methyl sites for hydroxylation is 1. The number of hydrogen-bond acceptors (Lipinski definition) is 2. The fourth-order valence-corrected chi connectivity index (χ4v) is 3.33. The van der Waals surface area contributed by atoms with Gasteiger partial charge in [0.15, 0.2) is 0 Å². The number of aliphatic hydroxyl groups is 1. The Bertz CT molecular complexity index is 472. The molecule has 1 aromatic carbocycles. The second kappa shape index (κ2) is 4.74. The molecule has 2 unspecified atom stereocenters. The molecule has 0 spiro atoms. The molecule has 0 saturated carbocycles. The highest BCUT2D eigenvalue weighted by Gasteiger charge is 2.50. The van der Waals surface area contributed by atoms with E-state index in [1.807, 2.05) is 32.0 Å². The van der Waals surface area contributed by atoms with Crippen molar-refractivity contribution in [3.05, 3.63) is 35.4 Å². The Hall–Kier alpha value is -1.33. The van der Waals surface area contributed by atoms with Crippen molar-refractivity contribution < 1.29 is 5.11 Å². The quantitative estimate of drug-likeness (QED) is 0.885. The van der Waals surface area contributed by atoms with Gasteiger partial charge < -0.3 is 5.11 Å². The first kappa shape index (κ1) is 13.1. The normalized spacial score (nSPS) is 25.9. The smallest absolute Gasteiger partial charge is 0.111 e. The van der Waals surface area contributed by atoms with Gasteiger partial charge in [-0.2, -0.15) is 5.26 Å². The Morgan fingerprint density at radius 3 is 2.83 bits per heavy atom. The van der Waals surface area contributed by atoms with Gasteiger partial charge in [-0.05, 0) is 43.7 Å². The summed E-state index contributed by atoms with van der Waals surface area (Å²) >= 11 is 0. The van der Waals surface area contributed by atoms with Gasteiger partial charge in [-0.15, -0.1) is 0 Å². The van der Waals surface area contributed by atoms with Crippen molar-refractivity contribution in [2.45, 2.75) is 57.0 Å². The van der Waals surface area contributed by atoms with E-state index < -0.39 is 11.0 Å². The molecule has 2 atom stereocenters. The van der Waals surface area contributed by atoms with Crippen molar-refractivity contribution in [3.8, 4) is 6.07 Å². The summed E-state index contributed by atoms with van der Waals surface area (Å²) in [5.74, 6) is 0. The van der Waals surface area contributed by atoms with Crippen LogP contribution < -0.4 is 0 Å². The van der Waals surface area contributed by atoms with Gasteiger partial charge in [0.25, 0.3) is 0 Å². The predicted molar refractivity (Wildman–Crippen MR) is 72.2 cm³/mol. The van der Waals surface area contributed by atoms with Crippen LogP contribution in [0.2, 0.25) is 0 Å². The highest BCUT2D eigenvalue weighted by atomic mass is 16.3. The summed E-state index contributed by atoms with van der Waals surface area (Å²) in [6.45, 7) is 3.87. The number of nitrogens with zero attached hydrogens (tertiary/aromatic N) is 1. The second-order valence-electron chi connectivity index (χ2n) is 5.55. The molecule has 18 heavy (non-hydrogen) atoms. The third-order valence-corrected chi connectivity index (χ3v) is 4.32. The van der Waals surface area contributed by atoms with E-state index in [-0.39, 0.29) is 0 Å². The molecule has 0 aromatic heterocycles. The van der Waals surface area contributed by atoms with Crippen molar-refractivity contribution in [2.75, 3.05) is 0 Å². The number of hydrogen-bond donors (Lipinski definition) is 1. The fraction of sp³-hybridized carbons (Fsp3) is 0.562. The molecule has 2 nitrogen and oxygen atoms in total. The number of nitriles is 1. The number of benzene rings is 1. The second-order valence-corrected chi connectivity index (χ2v) is 5.55. The third kappa shape index (κ3) is 1.83. The largest absolute Gasteiger partial charge is 0.388 e. The zero-order valence-electron chi connectivity index (χ0n) is 11.2. The van der Waals surface area contributed by atoms with Crippen molar-refractivity contribution in [1.29, 1.82) is 5.26 Å². The lowest BCUT2D eigenvalue weighted by Crippen LogP contribution is -2.50. The van der Waals surface area contributed by atoms with Crippen molar-refractivity contribution in [3.63, 3.8) is 0 Å². The van der Waals surface area contributed by atoms with E-state index in [2.05, 4.69) is 12.1 Å². The van der Waals surface area contributed by atoms with Crippen molar-refractivity contribution in [2.24, 2.45) is 0 Å². The summed E-state index contributed by atoms with van der Waals surface area (Å²) in [6, 6.07) is 10.5. The Labute approximate surface area is 109 Å². The monoisotopic (exact) mass is 243 g/mol. The molecule has 0 amide bonds. The maximum absolute atomic E-state index is 10.8. The van der Waals surface area contributed by atoms with Crippen LogP contribution in [0, 0.1) is 11.3 Å². The van der Waals surface area contributed by atoms with Gasteiger partial charge in [0.1, 0.15) is 5.41 Å². The zero-order chi connectivity index (χ0) is 13.2. The van der Waals surface area contributed by atoms with Gasteiger partial charge in [-0.3, -0.25) is 0 Å². The molecule has 2 rings (SSSR count). The molecule has 1 aliphatic carbocycles. The summed E-state index contributed by atoms with van der Waals surface area (Å²) in [5, 5.41) is 20.6. The van der Waals surface area contributed by atoms with Crippen molar-refractivity contribution in [1.82, 2.24) is 0 Å². The summed E-state index contributed by atoms with van der Waals surface area (Å²) in [7, 11) is 0. The molecule has 0 heterocycles. The highest BCUT2D eigenvalue weighted by molar-refractivity contribution is 5.44. The van der Waals surface area contributed by atoms with Gasteiger partial charge in [0.2, 0.25) is 0 Å². The number of fused-ring (bicyclic) bond motifs is 1. The molecule has 0 aliphatic heterocycles. The summed E-state index contributed by atoms with van der Waals surface area (Å²) < 4.78 is 0. The van der Waals surface area contributed by atoms with Gasteiger partial charge >= 0.3 is 0 Å². The standard InChI is InChI=1S/C16H21NO/c1-3-10-15(2,18)16(12-17)11-6-8-13-7-4-5-9-14(13)16/h4-5,7,9,18H,3,6,8,10-11H2,1-2H3. The highest BCUT2D eigenvalue weighted by Crippen LogP contribution is 2.46. The van der Waals surface area contributed by atoms with E-state index in [4.69, 9.17) is 0 Å². The maximum atomic E-state index is 10.8. The summed E-state index contributed by atoms with van der Waals surface area (Å²) in [6.07, 6.45) is 4.30. The first-order valence-corrected chi connectivity index (χ1v) is 6.79. The van der Waals surface area contributed by atoms with Crippen LogP contribution in [-0.2, 0) is 11.8 Å². The molecule has 96 valence electrons. The Balaban J connectivity index is 2.56. The fourth-order valence-electron chi connectivity index (χ4n) is 3.33. The average molecular weight is 243 g/mol. The first-order chi connectivity index (χ1) is 8.57. The van der Waals surface area contributed by atoms with Crippen LogP contribution in [-0.4, -0.2) is 10.7 Å². The minimum absolute atomic E-state index is 0.662. The third-order valence-electron chi connectivity index (χ3n) is 4.32. The van der Waals surface area contributed by atoms with Crippen molar-refractivity contribution >= 4 is 0 Å². The summed E-state index contributed by atoms with van der Waals surface area (Å²) in [4.78, 5) is 0. The van der Waals surface area contributed by atoms with E-state index in [0.717, 1.165) is 31.2 Å². The molecule has 0 radical (unpaired) electrons. The lowest BCUT2D eigenvalue weighted by atomic mass is 9.61. The molecule has 2 heteroatoms. The molecule has 1 N–H and O–H groups in total. The lowest BCUT2D eigenvalue weighted by molar-refractivity contribution is -0.0150. The van der Waals surface area contributed by atoms with Gasteiger partial charge in [0, 0.05) is 0 Å². The zero-order valence-corrected chi connectivity index (χ0v) is 11.2. The average Bonchev–Trinajstić information content (AvgIpc) is 2.37. The van der Waals surface area contributed by atoms with E-state index in [0.29, 0.717) is 6.42 Å². The Morgan fingerprint density at radius 2 is 2.17 bits per heavy atom. The molecular weight excluding hydrogens is 222 g/mol. The molecule has 0 fully saturated rings. The Kier molecular flexibility index (Phi) is 3.45. The van der Waals surface area contributed by atoms with Crippen LogP contribution in [0.15, 0.2) is 24.3 Å². The predicted octanol–water partition coefficient (Wildman–Crippen LogP) is 3.34. The van der Waals surface area contributed by atoms with Gasteiger partial charge in [0.05, 0.1) is 11.7 Å². The Morgan fingerprint density at radius 1 is 1.44 bits per heavy atom. The minimum atomic E-state index is -0.951. The van der Waals surface area contributed by atoms with Crippen LogP contribution in [0.1, 0.15) is 50.7 Å². The topological polar surface area (TPSA) is 44.0 Å². The van der Waals surface area contributed by atoms with Crippen LogP contribution in [0.5, 0.6) is 0 Å². The molecule has 1 aromatic rings. The van der Waals surface area contributed by atoms with Gasteiger partial charge in [-0.25, -0.2) is 0 Å². The summed E-state index contributed by atoms with van der Waals surface area (Å²) in [5.41, 5.74) is 0.573. The number of rotatable bonds is 3. The van der Waals surface area contributed by atoms with E-state index in [1.54, 1.807) is 0 Å². The molecule has 0 saturated heterocycles. The lowest BCUT2D eigenvalue weighted by Gasteiger charge is -2.44. The van der Waals surface area contributed by atoms with E-state index in [1.165, 1.54) is 5.56 Å². The van der Waals surface area contributed by atoms with E-state index >= 15 is 0 Å². The minimum Gasteiger partial charge on any atom is -0.388 e. The van der Waals surface area contributed by atoms with Crippen LogP contribution in [0.4, 0.5) is 0 Å².